The normalized spacial score (nSPS) is 14.8. The fourth-order valence-corrected chi connectivity index (χ4v) is 4.57. The Hall–Kier alpha value is -3.57. The zero-order valence-corrected chi connectivity index (χ0v) is 17.4. The van der Waals surface area contributed by atoms with Crippen LogP contribution in [-0.2, 0) is 5.54 Å². The number of aryl methyl sites for hydroxylation is 1. The molecule has 0 bridgehead atoms. The van der Waals surface area contributed by atoms with Crippen LogP contribution in [-0.4, -0.2) is 19.6 Å². The number of aromatic nitrogens is 4. The van der Waals surface area contributed by atoms with E-state index < -0.39 is 0 Å². The molecule has 3 heterocycles. The van der Waals surface area contributed by atoms with Crippen molar-refractivity contribution in [2.75, 3.05) is 0 Å². The van der Waals surface area contributed by atoms with Crippen LogP contribution in [0.2, 0.25) is 0 Å². The van der Waals surface area contributed by atoms with Gasteiger partial charge in [-0.05, 0) is 49.4 Å². The quantitative estimate of drug-likeness (QED) is 0.394. The first-order chi connectivity index (χ1) is 15.1. The molecule has 160 valence electrons. The van der Waals surface area contributed by atoms with Gasteiger partial charge in [0.1, 0.15) is 5.82 Å². The summed E-state index contributed by atoms with van der Waals surface area (Å²) in [5, 5.41) is 9.64. The standard InChI is InChI=1S/C26H23N5.CH4/c1-17-29-30-25-22-16-21(18-6-3-2-4-7-18)24(28-23(22)12-15-31(17)25)19-8-10-20(11-9-19)26(27)13-5-14-26;/h2-4,6-12,15-16H,5,13-14,27H2,1H3;1H4. The molecule has 0 aliphatic heterocycles. The third kappa shape index (κ3) is 3.09. The molecule has 1 saturated carbocycles. The minimum Gasteiger partial charge on any atom is -0.321 e. The second kappa shape index (κ2) is 7.53. The number of hydrogen-bond acceptors (Lipinski definition) is 4. The molecule has 1 aliphatic rings. The minimum atomic E-state index is -0.158. The van der Waals surface area contributed by atoms with Gasteiger partial charge in [-0.25, -0.2) is 4.98 Å². The molecule has 0 saturated heterocycles. The molecule has 0 spiro atoms. The molecular formula is C27H27N5. The Kier molecular flexibility index (Phi) is 4.79. The summed E-state index contributed by atoms with van der Waals surface area (Å²) < 4.78 is 2.01. The summed E-state index contributed by atoms with van der Waals surface area (Å²) in [5.74, 6) is 0.865. The van der Waals surface area contributed by atoms with Gasteiger partial charge in [-0.2, -0.15) is 0 Å². The second-order valence-electron chi connectivity index (χ2n) is 8.53. The van der Waals surface area contributed by atoms with Crippen molar-refractivity contribution in [1.29, 1.82) is 0 Å². The van der Waals surface area contributed by atoms with E-state index in [1.54, 1.807) is 0 Å². The summed E-state index contributed by atoms with van der Waals surface area (Å²) in [6.07, 6.45) is 5.32. The SMILES string of the molecule is C.Cc1nnc2c3cc(-c4ccccc4)c(-c4ccc(C5(N)CCC5)cc4)nc3ccn12. The first kappa shape index (κ1) is 20.3. The van der Waals surface area contributed by atoms with E-state index in [2.05, 4.69) is 64.8 Å². The van der Waals surface area contributed by atoms with Crippen LogP contribution in [0.4, 0.5) is 0 Å². The molecule has 0 unspecified atom stereocenters. The van der Waals surface area contributed by atoms with Gasteiger partial charge in [0.2, 0.25) is 0 Å². The molecule has 3 aromatic heterocycles. The van der Waals surface area contributed by atoms with E-state index in [4.69, 9.17) is 10.7 Å². The number of rotatable bonds is 3. The van der Waals surface area contributed by atoms with Crippen molar-refractivity contribution < 1.29 is 0 Å². The molecule has 0 atom stereocenters. The van der Waals surface area contributed by atoms with Gasteiger partial charge in [0.15, 0.2) is 5.65 Å². The maximum Gasteiger partial charge on any atom is 0.170 e. The van der Waals surface area contributed by atoms with E-state index in [-0.39, 0.29) is 13.0 Å². The minimum absolute atomic E-state index is 0. The Morgan fingerprint density at radius 3 is 2.34 bits per heavy atom. The molecule has 2 N–H and O–H groups in total. The van der Waals surface area contributed by atoms with E-state index >= 15 is 0 Å². The van der Waals surface area contributed by atoms with Crippen LogP contribution in [0.3, 0.4) is 0 Å². The summed E-state index contributed by atoms with van der Waals surface area (Å²) >= 11 is 0. The maximum absolute atomic E-state index is 6.53. The summed E-state index contributed by atoms with van der Waals surface area (Å²) in [5.41, 5.74) is 13.6. The average Bonchev–Trinajstić information content (AvgIpc) is 3.18. The molecule has 0 radical (unpaired) electrons. The topological polar surface area (TPSA) is 69.1 Å². The van der Waals surface area contributed by atoms with Crippen LogP contribution < -0.4 is 5.73 Å². The molecule has 1 fully saturated rings. The van der Waals surface area contributed by atoms with Gasteiger partial charge < -0.3 is 5.73 Å². The van der Waals surface area contributed by atoms with E-state index in [0.29, 0.717) is 0 Å². The highest BCUT2D eigenvalue weighted by molar-refractivity contribution is 5.98. The lowest BCUT2D eigenvalue weighted by Gasteiger charge is -2.38. The summed E-state index contributed by atoms with van der Waals surface area (Å²) in [7, 11) is 0. The lowest BCUT2D eigenvalue weighted by Crippen LogP contribution is -2.43. The molecule has 6 rings (SSSR count). The predicted octanol–water partition coefficient (Wildman–Crippen LogP) is 5.89. The van der Waals surface area contributed by atoms with Crippen molar-refractivity contribution in [3.63, 3.8) is 0 Å². The van der Waals surface area contributed by atoms with Gasteiger partial charge in [0.05, 0.1) is 11.2 Å². The highest BCUT2D eigenvalue weighted by Crippen LogP contribution is 2.40. The van der Waals surface area contributed by atoms with Gasteiger partial charge in [0, 0.05) is 28.2 Å². The molecule has 1 aliphatic carbocycles. The predicted molar refractivity (Wildman–Crippen MR) is 130 cm³/mol. The zero-order chi connectivity index (χ0) is 21.0. The van der Waals surface area contributed by atoms with E-state index in [1.807, 2.05) is 29.7 Å². The molecule has 2 aromatic carbocycles. The molecular weight excluding hydrogens is 394 g/mol. The lowest BCUT2D eigenvalue weighted by molar-refractivity contribution is 0.253. The number of fused-ring (bicyclic) bond motifs is 3. The first-order valence-electron chi connectivity index (χ1n) is 10.7. The van der Waals surface area contributed by atoms with E-state index in [1.165, 1.54) is 12.0 Å². The van der Waals surface area contributed by atoms with Crippen LogP contribution >= 0.6 is 0 Å². The molecule has 5 heteroatoms. The van der Waals surface area contributed by atoms with Crippen molar-refractivity contribution in [3.8, 4) is 22.4 Å². The monoisotopic (exact) mass is 421 g/mol. The van der Waals surface area contributed by atoms with Crippen molar-refractivity contribution in [2.24, 2.45) is 5.73 Å². The van der Waals surface area contributed by atoms with Gasteiger partial charge in [-0.3, -0.25) is 4.40 Å². The second-order valence-corrected chi connectivity index (χ2v) is 8.53. The summed E-state index contributed by atoms with van der Waals surface area (Å²) in [6.45, 7) is 1.96. The Bertz CT molecular complexity index is 1410. The number of benzene rings is 2. The Labute approximate surface area is 188 Å². The third-order valence-electron chi connectivity index (χ3n) is 6.60. The highest BCUT2D eigenvalue weighted by Gasteiger charge is 2.34. The zero-order valence-electron chi connectivity index (χ0n) is 17.4. The Morgan fingerprint density at radius 1 is 0.906 bits per heavy atom. The van der Waals surface area contributed by atoms with E-state index in [9.17, 15) is 0 Å². The van der Waals surface area contributed by atoms with Crippen molar-refractivity contribution in [2.45, 2.75) is 39.2 Å². The molecule has 5 aromatic rings. The summed E-state index contributed by atoms with van der Waals surface area (Å²) in [4.78, 5) is 5.09. The highest BCUT2D eigenvalue weighted by atomic mass is 15.2. The fourth-order valence-electron chi connectivity index (χ4n) is 4.57. The summed E-state index contributed by atoms with van der Waals surface area (Å²) in [6, 6.07) is 23.3. The van der Waals surface area contributed by atoms with E-state index in [0.717, 1.165) is 57.6 Å². The molecule has 32 heavy (non-hydrogen) atoms. The van der Waals surface area contributed by atoms with Gasteiger partial charge in [0.25, 0.3) is 0 Å². The number of nitrogens with two attached hydrogens (primary N) is 1. The fraction of sp³-hybridized carbons (Fsp3) is 0.222. The maximum atomic E-state index is 6.53. The van der Waals surface area contributed by atoms with Gasteiger partial charge in [-0.15, -0.1) is 10.2 Å². The van der Waals surface area contributed by atoms with Crippen LogP contribution in [0.25, 0.3) is 38.9 Å². The molecule has 5 nitrogen and oxygen atoms in total. The largest absolute Gasteiger partial charge is 0.321 e. The van der Waals surface area contributed by atoms with Crippen molar-refractivity contribution in [3.05, 3.63) is 84.3 Å². The average molecular weight is 422 g/mol. The third-order valence-corrected chi connectivity index (χ3v) is 6.60. The Morgan fingerprint density at radius 2 is 1.66 bits per heavy atom. The Balaban J connectivity index is 0.00000216. The van der Waals surface area contributed by atoms with Crippen LogP contribution in [0.15, 0.2) is 72.9 Å². The van der Waals surface area contributed by atoms with Gasteiger partial charge >= 0.3 is 0 Å². The lowest BCUT2D eigenvalue weighted by atomic mass is 9.72. The first-order valence-corrected chi connectivity index (χ1v) is 10.7. The van der Waals surface area contributed by atoms with Crippen molar-refractivity contribution in [1.82, 2.24) is 19.6 Å². The van der Waals surface area contributed by atoms with Crippen LogP contribution in [0.1, 0.15) is 38.1 Å². The smallest absolute Gasteiger partial charge is 0.170 e. The number of hydrogen-bond donors (Lipinski definition) is 1. The number of pyridine rings is 2. The molecule has 0 amide bonds. The van der Waals surface area contributed by atoms with Crippen molar-refractivity contribution >= 4 is 16.6 Å². The van der Waals surface area contributed by atoms with Crippen LogP contribution in [0, 0.1) is 6.92 Å². The van der Waals surface area contributed by atoms with Crippen LogP contribution in [0.5, 0.6) is 0 Å². The number of nitrogens with zero attached hydrogens (tertiary/aromatic N) is 4. The van der Waals surface area contributed by atoms with Gasteiger partial charge in [-0.1, -0.05) is 62.0 Å².